The third-order valence-corrected chi connectivity index (χ3v) is 4.49. The van der Waals surface area contributed by atoms with Crippen LogP contribution in [-0.4, -0.2) is 24.8 Å². The number of halogens is 1. The topological polar surface area (TPSA) is 70.6 Å². The minimum atomic E-state index is -1.11. The van der Waals surface area contributed by atoms with Crippen LogP contribution in [0.4, 0.5) is 14.9 Å². The van der Waals surface area contributed by atoms with Gasteiger partial charge in [-0.25, -0.2) is 9.18 Å². The number of benzene rings is 2. The molecule has 3 rings (SSSR count). The Kier molecular flexibility index (Phi) is 4.90. The van der Waals surface area contributed by atoms with Crippen LogP contribution in [0.3, 0.4) is 0 Å². The second kappa shape index (κ2) is 7.11. The predicted octanol–water partition coefficient (Wildman–Crippen LogP) is 3.18. The van der Waals surface area contributed by atoms with Gasteiger partial charge in [-0.05, 0) is 66.8 Å². The van der Waals surface area contributed by atoms with Crippen LogP contribution in [0.2, 0.25) is 0 Å². The molecule has 0 saturated heterocycles. The van der Waals surface area contributed by atoms with E-state index < -0.39 is 11.6 Å². The lowest BCUT2D eigenvalue weighted by atomic mass is 9.79. The molecule has 0 aliphatic heterocycles. The van der Waals surface area contributed by atoms with Gasteiger partial charge in [0.05, 0.1) is 13.7 Å². The minimum Gasteiger partial charge on any atom is -0.497 e. The van der Waals surface area contributed by atoms with E-state index in [9.17, 15) is 14.3 Å². The number of rotatable bonds is 4. The summed E-state index contributed by atoms with van der Waals surface area (Å²) in [5, 5.41) is 16.3. The molecule has 1 aliphatic carbocycles. The van der Waals surface area contributed by atoms with Crippen LogP contribution in [-0.2, 0) is 12.0 Å². The fourth-order valence-corrected chi connectivity index (χ4v) is 3.18. The molecule has 132 valence electrons. The molecule has 0 bridgehead atoms. The zero-order chi connectivity index (χ0) is 17.9. The predicted molar refractivity (Wildman–Crippen MR) is 93.3 cm³/mol. The second-order valence-electron chi connectivity index (χ2n) is 6.22. The molecule has 5 nitrogen and oxygen atoms in total. The zero-order valence-electron chi connectivity index (χ0n) is 14.0. The Labute approximate surface area is 145 Å². The molecule has 3 N–H and O–H groups in total. The number of aliphatic hydroxyl groups is 1. The van der Waals surface area contributed by atoms with Crippen molar-refractivity contribution in [2.24, 2.45) is 0 Å². The first kappa shape index (κ1) is 17.2. The maximum Gasteiger partial charge on any atom is 0.319 e. The molecule has 0 heterocycles. The van der Waals surface area contributed by atoms with Crippen LogP contribution in [0.15, 0.2) is 42.5 Å². The average Bonchev–Trinajstić information content (AvgIpc) is 2.62. The lowest BCUT2D eigenvalue weighted by molar-refractivity contribution is 0.0220. The summed E-state index contributed by atoms with van der Waals surface area (Å²) in [5.41, 5.74) is 1.23. The fraction of sp³-hybridized carbons (Fsp3) is 0.316. The lowest BCUT2D eigenvalue weighted by Crippen LogP contribution is -2.44. The fourth-order valence-electron chi connectivity index (χ4n) is 3.18. The summed E-state index contributed by atoms with van der Waals surface area (Å²) >= 11 is 0. The average molecular weight is 344 g/mol. The third kappa shape index (κ3) is 3.91. The number of anilines is 1. The van der Waals surface area contributed by atoms with Crippen molar-refractivity contribution in [2.75, 3.05) is 19.0 Å². The van der Waals surface area contributed by atoms with Crippen LogP contribution in [0.1, 0.15) is 24.0 Å². The molecule has 2 amide bonds. The van der Waals surface area contributed by atoms with Crippen molar-refractivity contribution in [1.29, 1.82) is 0 Å². The molecule has 0 spiro atoms. The summed E-state index contributed by atoms with van der Waals surface area (Å²) in [7, 11) is 1.61. The molecule has 0 radical (unpaired) electrons. The summed E-state index contributed by atoms with van der Waals surface area (Å²) in [6.07, 6.45) is 2.28. The van der Waals surface area contributed by atoms with Crippen molar-refractivity contribution in [3.8, 4) is 5.75 Å². The third-order valence-electron chi connectivity index (χ3n) is 4.49. The Morgan fingerprint density at radius 2 is 2.04 bits per heavy atom. The van der Waals surface area contributed by atoms with Crippen molar-refractivity contribution in [2.45, 2.75) is 24.9 Å². The number of carbonyl (C=O) groups is 1. The number of methoxy groups -OCH3 is 1. The number of aryl methyl sites for hydroxylation is 1. The van der Waals surface area contributed by atoms with Gasteiger partial charge in [-0.2, -0.15) is 0 Å². The van der Waals surface area contributed by atoms with E-state index in [4.69, 9.17) is 4.74 Å². The maximum absolute atomic E-state index is 12.9. The Bertz CT molecular complexity index is 764. The standard InChI is InChI=1S/C19H21FN2O3/c1-25-16-8-9-17-13(11-16)3-2-10-19(17,24)12-21-18(23)22-15-6-4-14(20)5-7-15/h4-9,11,24H,2-3,10,12H2,1H3,(H2,21,22,23). The van der Waals surface area contributed by atoms with Crippen LogP contribution in [0, 0.1) is 5.82 Å². The Balaban J connectivity index is 1.66. The summed E-state index contributed by atoms with van der Waals surface area (Å²) < 4.78 is 18.1. The van der Waals surface area contributed by atoms with Gasteiger partial charge in [-0.1, -0.05) is 6.07 Å². The van der Waals surface area contributed by atoms with Crippen molar-refractivity contribution >= 4 is 11.7 Å². The van der Waals surface area contributed by atoms with E-state index in [0.29, 0.717) is 12.1 Å². The van der Waals surface area contributed by atoms with Crippen LogP contribution >= 0.6 is 0 Å². The largest absolute Gasteiger partial charge is 0.497 e. The van der Waals surface area contributed by atoms with Gasteiger partial charge in [0, 0.05) is 5.69 Å². The van der Waals surface area contributed by atoms with Crippen molar-refractivity contribution in [3.05, 3.63) is 59.4 Å². The SMILES string of the molecule is COc1ccc2c(c1)CCCC2(O)CNC(=O)Nc1ccc(F)cc1. The van der Waals surface area contributed by atoms with Crippen molar-refractivity contribution in [1.82, 2.24) is 5.32 Å². The van der Waals surface area contributed by atoms with E-state index in [1.54, 1.807) is 7.11 Å². The zero-order valence-corrected chi connectivity index (χ0v) is 14.0. The number of ether oxygens (including phenoxy) is 1. The molecule has 1 unspecified atom stereocenters. The van der Waals surface area contributed by atoms with Gasteiger partial charge in [0.2, 0.25) is 0 Å². The van der Waals surface area contributed by atoms with Crippen molar-refractivity contribution in [3.63, 3.8) is 0 Å². The van der Waals surface area contributed by atoms with Gasteiger partial charge in [0.15, 0.2) is 0 Å². The minimum absolute atomic E-state index is 0.0966. The van der Waals surface area contributed by atoms with Gasteiger partial charge >= 0.3 is 6.03 Å². The van der Waals surface area contributed by atoms with Crippen LogP contribution in [0.25, 0.3) is 0 Å². The Hall–Kier alpha value is -2.60. The van der Waals surface area contributed by atoms with Crippen LogP contribution in [0.5, 0.6) is 5.75 Å². The molecule has 0 aromatic heterocycles. The normalized spacial score (nSPS) is 19.0. The van der Waals surface area contributed by atoms with Gasteiger partial charge in [-0.15, -0.1) is 0 Å². The highest BCUT2D eigenvalue weighted by Crippen LogP contribution is 2.36. The number of nitrogens with one attached hydrogen (secondary N) is 2. The smallest absolute Gasteiger partial charge is 0.319 e. The molecule has 0 saturated carbocycles. The number of hydrogen-bond donors (Lipinski definition) is 3. The first-order valence-electron chi connectivity index (χ1n) is 8.20. The summed E-state index contributed by atoms with van der Waals surface area (Å²) in [6.45, 7) is 0.0966. The van der Waals surface area contributed by atoms with E-state index in [1.165, 1.54) is 24.3 Å². The highest BCUT2D eigenvalue weighted by molar-refractivity contribution is 5.89. The second-order valence-corrected chi connectivity index (χ2v) is 6.22. The number of fused-ring (bicyclic) bond motifs is 1. The highest BCUT2D eigenvalue weighted by Gasteiger charge is 2.34. The number of amides is 2. The summed E-state index contributed by atoms with van der Waals surface area (Å²) in [5.74, 6) is 0.388. The molecule has 6 heteroatoms. The van der Waals surface area contributed by atoms with Crippen molar-refractivity contribution < 1.29 is 19.0 Å². The van der Waals surface area contributed by atoms with Gasteiger partial charge < -0.3 is 20.5 Å². The molecule has 2 aromatic carbocycles. The first-order chi connectivity index (χ1) is 12.0. The van der Waals surface area contributed by atoms with Gasteiger partial charge in [0.1, 0.15) is 17.2 Å². The van der Waals surface area contributed by atoms with E-state index in [1.807, 2.05) is 18.2 Å². The van der Waals surface area contributed by atoms with Gasteiger partial charge in [0.25, 0.3) is 0 Å². The first-order valence-corrected chi connectivity index (χ1v) is 8.20. The monoisotopic (exact) mass is 344 g/mol. The maximum atomic E-state index is 12.9. The lowest BCUT2D eigenvalue weighted by Gasteiger charge is -2.34. The number of hydrogen-bond acceptors (Lipinski definition) is 3. The van der Waals surface area contributed by atoms with E-state index >= 15 is 0 Å². The number of urea groups is 1. The van der Waals surface area contributed by atoms with Crippen LogP contribution < -0.4 is 15.4 Å². The van der Waals surface area contributed by atoms with E-state index in [0.717, 1.165) is 29.7 Å². The van der Waals surface area contributed by atoms with E-state index in [2.05, 4.69) is 10.6 Å². The summed E-state index contributed by atoms with van der Waals surface area (Å²) in [4.78, 5) is 12.0. The molecule has 1 aliphatic rings. The molecule has 0 fully saturated rings. The number of carbonyl (C=O) groups excluding carboxylic acids is 1. The Morgan fingerprint density at radius 3 is 2.76 bits per heavy atom. The molecular formula is C19H21FN2O3. The molecule has 25 heavy (non-hydrogen) atoms. The van der Waals surface area contributed by atoms with Gasteiger partial charge in [-0.3, -0.25) is 0 Å². The Morgan fingerprint density at radius 1 is 1.28 bits per heavy atom. The van der Waals surface area contributed by atoms with E-state index in [-0.39, 0.29) is 12.4 Å². The summed E-state index contributed by atoms with van der Waals surface area (Å²) in [6, 6.07) is 10.7. The molecule has 2 aromatic rings. The highest BCUT2D eigenvalue weighted by atomic mass is 19.1. The molecular weight excluding hydrogens is 323 g/mol. The quantitative estimate of drug-likeness (QED) is 0.798. The molecule has 1 atom stereocenters.